The molecule has 21 heteroatoms. The minimum Gasteiger partial charge on any atom is -0.346 e. The van der Waals surface area contributed by atoms with Gasteiger partial charge in [-0.1, -0.05) is 49.4 Å². The lowest BCUT2D eigenvalue weighted by molar-refractivity contribution is -0.143. The topological polar surface area (TPSA) is 107 Å². The summed E-state index contributed by atoms with van der Waals surface area (Å²) < 4.78 is 149. The van der Waals surface area contributed by atoms with Gasteiger partial charge in [-0.2, -0.15) is 32.1 Å². The van der Waals surface area contributed by atoms with E-state index in [0.717, 1.165) is 35.7 Å². The van der Waals surface area contributed by atoms with E-state index in [0.29, 0.717) is 17.7 Å². The van der Waals surface area contributed by atoms with Crippen molar-refractivity contribution in [1.29, 1.82) is 0 Å². The standard InChI is InChI=1S/C41H39ClF9N7O2S2/c1-20-21(2)40(47,48)36-31(20)35(41(49,50)51)54-57(36)18-30(59)53-29(16-22-14-23(43)17-24(44)15-22)33-26(9-8-25(52-33)12-13-38(3,4)62(7)60)27-10-11-28(42)32-34(27)58(19-39(5,45)46)55-37(32)56-61-6/h8-11,14-15,17,20-21,29H,16,18-19H2,1-7H3,(H,53,59)(H,55,56)/t20-,21?,29?,62?/m0/s1. The van der Waals surface area contributed by atoms with Gasteiger partial charge in [-0.25, -0.2) is 22.5 Å². The smallest absolute Gasteiger partial charge is 0.346 e. The summed E-state index contributed by atoms with van der Waals surface area (Å²) >= 11 is 7.77. The fourth-order valence-electron chi connectivity index (χ4n) is 7.29. The first-order valence-electron chi connectivity index (χ1n) is 18.8. The summed E-state index contributed by atoms with van der Waals surface area (Å²) in [6.45, 7) is 4.14. The van der Waals surface area contributed by atoms with Gasteiger partial charge in [0.1, 0.15) is 40.9 Å². The summed E-state index contributed by atoms with van der Waals surface area (Å²) in [6, 6.07) is 6.93. The van der Waals surface area contributed by atoms with E-state index >= 15 is 8.78 Å². The fourth-order valence-corrected chi connectivity index (χ4v) is 8.06. The highest BCUT2D eigenvalue weighted by Crippen LogP contribution is 2.55. The molecule has 4 atom stereocenters. The van der Waals surface area contributed by atoms with Crippen molar-refractivity contribution in [3.8, 4) is 23.0 Å². The lowest BCUT2D eigenvalue weighted by atomic mass is 9.93. The van der Waals surface area contributed by atoms with Crippen molar-refractivity contribution < 1.29 is 48.5 Å². The Hall–Kier alpha value is -4.74. The van der Waals surface area contributed by atoms with Crippen LogP contribution < -0.4 is 10.0 Å². The van der Waals surface area contributed by atoms with Crippen molar-refractivity contribution in [1.82, 2.24) is 29.9 Å². The highest BCUT2D eigenvalue weighted by Gasteiger charge is 2.57. The molecule has 3 unspecified atom stereocenters. The van der Waals surface area contributed by atoms with E-state index < -0.39 is 105 Å². The summed E-state index contributed by atoms with van der Waals surface area (Å²) in [4.78, 5) is 18.8. The van der Waals surface area contributed by atoms with Crippen LogP contribution in [0.25, 0.3) is 22.0 Å². The number of aromatic nitrogens is 5. The Kier molecular flexibility index (Phi) is 12.9. The van der Waals surface area contributed by atoms with Crippen molar-refractivity contribution in [3.05, 3.63) is 93.0 Å². The molecule has 3 heterocycles. The molecule has 3 aromatic heterocycles. The SMILES string of the molecule is CSNc1nn(CC(C)(F)F)c2c(-c3ccc(C#CC(C)(C)S(C)=O)nc3C(Cc3cc(F)cc(F)c3)NC(=O)Cn3nc(C(F)(F)F)c4c3C(F)(F)C(C)[C@@H]4C)ccc(Cl)c12. The van der Waals surface area contributed by atoms with E-state index in [2.05, 4.69) is 32.1 Å². The number of nitrogens with zero attached hydrogens (tertiary/aromatic N) is 5. The minimum atomic E-state index is -5.15. The van der Waals surface area contributed by atoms with Gasteiger partial charge in [0.05, 0.1) is 27.7 Å². The van der Waals surface area contributed by atoms with Crippen molar-refractivity contribution in [2.24, 2.45) is 5.92 Å². The van der Waals surface area contributed by atoms with Crippen LogP contribution in [0.3, 0.4) is 0 Å². The maximum atomic E-state index is 15.7. The molecular weight excluding hydrogens is 893 g/mol. The van der Waals surface area contributed by atoms with Gasteiger partial charge in [-0.05, 0) is 68.0 Å². The molecule has 9 nitrogen and oxygen atoms in total. The van der Waals surface area contributed by atoms with Gasteiger partial charge in [-0.3, -0.25) is 18.4 Å². The van der Waals surface area contributed by atoms with E-state index in [-0.39, 0.29) is 49.8 Å². The van der Waals surface area contributed by atoms with Crippen LogP contribution in [0.1, 0.15) is 80.5 Å². The minimum absolute atomic E-state index is 0.0258. The molecule has 1 aliphatic carbocycles. The zero-order chi connectivity index (χ0) is 45.9. The molecular formula is C41H39ClF9N7O2S2. The molecule has 0 bridgehead atoms. The number of benzene rings is 2. The van der Waals surface area contributed by atoms with E-state index in [9.17, 15) is 39.7 Å². The predicted molar refractivity (Wildman–Crippen MR) is 220 cm³/mol. The number of nitrogens with one attached hydrogen (secondary N) is 2. The number of hydrogen-bond acceptors (Lipinski definition) is 7. The second-order valence-electron chi connectivity index (χ2n) is 15.6. The number of hydrogen-bond donors (Lipinski definition) is 2. The average Bonchev–Trinajstić information content (AvgIpc) is 3.76. The molecule has 0 fully saturated rings. The molecule has 1 amide bonds. The number of rotatable bonds is 12. The summed E-state index contributed by atoms with van der Waals surface area (Å²) in [7, 11) is -1.45. The predicted octanol–water partition coefficient (Wildman–Crippen LogP) is 10.0. The van der Waals surface area contributed by atoms with Gasteiger partial charge < -0.3 is 10.0 Å². The molecule has 2 aromatic carbocycles. The normalized spacial score (nSPS) is 17.4. The van der Waals surface area contributed by atoms with Crippen molar-refractivity contribution in [2.75, 3.05) is 17.2 Å². The lowest BCUT2D eigenvalue weighted by Crippen LogP contribution is -2.35. The third-order valence-corrected chi connectivity index (χ3v) is 12.8. The van der Waals surface area contributed by atoms with Crippen LogP contribution in [0.2, 0.25) is 5.02 Å². The second kappa shape index (κ2) is 17.1. The highest BCUT2D eigenvalue weighted by atomic mass is 35.5. The van der Waals surface area contributed by atoms with E-state index in [1.807, 2.05) is 0 Å². The second-order valence-corrected chi connectivity index (χ2v) is 18.6. The average molecular weight is 932 g/mol. The quantitative estimate of drug-likeness (QED) is 0.0729. The molecule has 332 valence electrons. The monoisotopic (exact) mass is 931 g/mol. The van der Waals surface area contributed by atoms with Crippen LogP contribution in [0, 0.1) is 29.4 Å². The number of halogens is 10. The molecule has 0 saturated carbocycles. The Bertz CT molecular complexity index is 2630. The summed E-state index contributed by atoms with van der Waals surface area (Å²) in [5.41, 5.74) is -3.10. The molecule has 62 heavy (non-hydrogen) atoms. The van der Waals surface area contributed by atoms with E-state index in [1.165, 1.54) is 37.4 Å². The van der Waals surface area contributed by atoms with Crippen LogP contribution in [-0.2, 0) is 47.2 Å². The molecule has 5 aromatic rings. The number of anilines is 1. The van der Waals surface area contributed by atoms with Crippen LogP contribution in [0.4, 0.5) is 45.3 Å². The third-order valence-electron chi connectivity index (χ3n) is 10.6. The van der Waals surface area contributed by atoms with Crippen molar-refractivity contribution in [2.45, 2.75) is 88.9 Å². The van der Waals surface area contributed by atoms with Gasteiger partial charge in [0.2, 0.25) is 5.91 Å². The Morgan fingerprint density at radius 1 is 1.00 bits per heavy atom. The molecule has 0 spiro atoms. The molecule has 0 aliphatic heterocycles. The Labute approximate surface area is 362 Å². The summed E-state index contributed by atoms with van der Waals surface area (Å²) in [5, 5.41) is 10.8. The Morgan fingerprint density at radius 3 is 2.24 bits per heavy atom. The first-order chi connectivity index (χ1) is 28.7. The van der Waals surface area contributed by atoms with Gasteiger partial charge in [0.25, 0.3) is 11.8 Å². The van der Waals surface area contributed by atoms with Gasteiger partial charge in [0.15, 0.2) is 11.5 Å². The fraction of sp³-hybridized carbons (Fsp3) is 0.415. The Balaban J connectivity index is 1.59. The van der Waals surface area contributed by atoms with Crippen LogP contribution in [0.5, 0.6) is 0 Å². The number of amides is 1. The van der Waals surface area contributed by atoms with Crippen molar-refractivity contribution in [3.63, 3.8) is 0 Å². The van der Waals surface area contributed by atoms with Crippen molar-refractivity contribution >= 4 is 57.0 Å². The van der Waals surface area contributed by atoms with E-state index in [1.54, 1.807) is 20.1 Å². The lowest BCUT2D eigenvalue weighted by Gasteiger charge is -2.24. The zero-order valence-electron chi connectivity index (χ0n) is 34.0. The number of carbonyl (C=O) groups is 1. The molecule has 6 rings (SSSR count). The molecule has 2 N–H and O–H groups in total. The largest absolute Gasteiger partial charge is 0.435 e. The maximum absolute atomic E-state index is 15.7. The maximum Gasteiger partial charge on any atom is 0.435 e. The number of fused-ring (bicyclic) bond motifs is 2. The summed E-state index contributed by atoms with van der Waals surface area (Å²) in [6.07, 6.45) is -2.49. The summed E-state index contributed by atoms with van der Waals surface area (Å²) in [5.74, 6) is -7.26. The molecule has 0 radical (unpaired) electrons. The molecule has 1 aliphatic rings. The first kappa shape index (κ1) is 46.8. The first-order valence-corrected chi connectivity index (χ1v) is 21.9. The Morgan fingerprint density at radius 2 is 1.65 bits per heavy atom. The van der Waals surface area contributed by atoms with Gasteiger partial charge in [-0.15, -0.1) is 0 Å². The van der Waals surface area contributed by atoms with E-state index in [4.69, 9.17) is 16.6 Å². The number of pyridine rings is 1. The number of carbonyl (C=O) groups excluding carboxylic acids is 1. The molecule has 0 saturated heterocycles. The third kappa shape index (κ3) is 9.44. The van der Waals surface area contributed by atoms with Crippen LogP contribution in [-0.4, -0.2) is 57.8 Å². The van der Waals surface area contributed by atoms with Gasteiger partial charge in [0, 0.05) is 58.9 Å². The highest BCUT2D eigenvalue weighted by molar-refractivity contribution is 7.99. The zero-order valence-corrected chi connectivity index (χ0v) is 36.4. The van der Waals surface area contributed by atoms with Crippen LogP contribution in [0.15, 0.2) is 42.5 Å². The number of alkyl halides is 7. The van der Waals surface area contributed by atoms with Crippen LogP contribution >= 0.6 is 23.5 Å². The van der Waals surface area contributed by atoms with Gasteiger partial charge >= 0.3 is 6.18 Å².